The molecule has 0 saturated carbocycles. The standard InChI is InChI=1S/C17H21F2NS/c1-2-20-14(5-3-6-15-7-4-10-21-15)11-13-8-9-16(18)17(19)12-13/h4,7-10,12,14,20H,2-3,5-6,11H2,1H3. The molecule has 1 aromatic heterocycles. The summed E-state index contributed by atoms with van der Waals surface area (Å²) in [5.41, 5.74) is 0.843. The van der Waals surface area contributed by atoms with E-state index < -0.39 is 11.6 Å². The van der Waals surface area contributed by atoms with Gasteiger partial charge in [0, 0.05) is 10.9 Å². The van der Waals surface area contributed by atoms with E-state index in [0.717, 1.165) is 37.8 Å². The topological polar surface area (TPSA) is 12.0 Å². The van der Waals surface area contributed by atoms with Crippen LogP contribution in [0, 0.1) is 11.6 Å². The van der Waals surface area contributed by atoms with Crippen LogP contribution in [0.3, 0.4) is 0 Å². The zero-order valence-electron chi connectivity index (χ0n) is 12.2. The predicted molar refractivity (Wildman–Crippen MR) is 84.8 cm³/mol. The molecule has 1 N–H and O–H groups in total. The Morgan fingerprint density at radius 2 is 2.05 bits per heavy atom. The molecule has 0 spiro atoms. The Balaban J connectivity index is 1.87. The second-order valence-electron chi connectivity index (χ2n) is 5.18. The summed E-state index contributed by atoms with van der Waals surface area (Å²) in [5, 5.41) is 5.53. The number of benzene rings is 1. The Morgan fingerprint density at radius 1 is 1.19 bits per heavy atom. The summed E-state index contributed by atoms with van der Waals surface area (Å²) >= 11 is 1.78. The van der Waals surface area contributed by atoms with E-state index in [1.807, 2.05) is 0 Å². The lowest BCUT2D eigenvalue weighted by atomic mass is 10.0. The molecule has 0 radical (unpaired) electrons. The largest absolute Gasteiger partial charge is 0.314 e. The fourth-order valence-corrected chi connectivity index (χ4v) is 3.24. The maximum Gasteiger partial charge on any atom is 0.159 e. The highest BCUT2D eigenvalue weighted by Crippen LogP contribution is 2.16. The van der Waals surface area contributed by atoms with Crippen molar-refractivity contribution in [2.24, 2.45) is 0 Å². The van der Waals surface area contributed by atoms with Gasteiger partial charge in [0.2, 0.25) is 0 Å². The zero-order valence-corrected chi connectivity index (χ0v) is 13.1. The van der Waals surface area contributed by atoms with Crippen LogP contribution in [0.1, 0.15) is 30.2 Å². The van der Waals surface area contributed by atoms with Crippen molar-refractivity contribution in [2.45, 2.75) is 38.6 Å². The monoisotopic (exact) mass is 309 g/mol. The first-order valence-electron chi connectivity index (χ1n) is 7.38. The van der Waals surface area contributed by atoms with E-state index >= 15 is 0 Å². The molecule has 2 aromatic rings. The highest BCUT2D eigenvalue weighted by molar-refractivity contribution is 7.09. The summed E-state index contributed by atoms with van der Waals surface area (Å²) < 4.78 is 26.2. The Kier molecular flexibility index (Phi) is 6.33. The average Bonchev–Trinajstić information content (AvgIpc) is 2.96. The third-order valence-corrected chi connectivity index (χ3v) is 4.45. The molecule has 1 aromatic carbocycles. The van der Waals surface area contributed by atoms with Crippen molar-refractivity contribution in [3.05, 3.63) is 57.8 Å². The molecule has 1 heterocycles. The number of nitrogens with one attached hydrogen (secondary N) is 1. The first kappa shape index (κ1) is 16.1. The third-order valence-electron chi connectivity index (χ3n) is 3.51. The van der Waals surface area contributed by atoms with Crippen molar-refractivity contribution in [3.63, 3.8) is 0 Å². The van der Waals surface area contributed by atoms with Gasteiger partial charge in [-0.05, 0) is 61.4 Å². The molecule has 0 bridgehead atoms. The molecule has 1 unspecified atom stereocenters. The molecule has 0 aliphatic rings. The highest BCUT2D eigenvalue weighted by Gasteiger charge is 2.10. The molecule has 21 heavy (non-hydrogen) atoms. The van der Waals surface area contributed by atoms with Crippen molar-refractivity contribution in [2.75, 3.05) is 6.54 Å². The van der Waals surface area contributed by atoms with E-state index in [1.165, 1.54) is 17.0 Å². The Labute approximate surface area is 129 Å². The van der Waals surface area contributed by atoms with Crippen LogP contribution < -0.4 is 5.32 Å². The molecule has 0 fully saturated rings. The number of halogens is 2. The minimum atomic E-state index is -0.781. The molecule has 4 heteroatoms. The van der Waals surface area contributed by atoms with Crippen LogP contribution in [0.5, 0.6) is 0 Å². The number of thiophene rings is 1. The molecule has 0 saturated heterocycles. The van der Waals surface area contributed by atoms with Gasteiger partial charge in [0.1, 0.15) is 0 Å². The smallest absolute Gasteiger partial charge is 0.159 e. The average molecular weight is 309 g/mol. The molecule has 1 nitrogen and oxygen atoms in total. The van der Waals surface area contributed by atoms with Gasteiger partial charge in [0.05, 0.1) is 0 Å². The van der Waals surface area contributed by atoms with E-state index in [2.05, 4.69) is 29.8 Å². The van der Waals surface area contributed by atoms with Crippen LogP contribution in [0.2, 0.25) is 0 Å². The second kappa shape index (κ2) is 8.25. The van der Waals surface area contributed by atoms with Crippen LogP contribution in [-0.4, -0.2) is 12.6 Å². The molecule has 114 valence electrons. The van der Waals surface area contributed by atoms with E-state index in [1.54, 1.807) is 17.4 Å². The molecular weight excluding hydrogens is 288 g/mol. The van der Waals surface area contributed by atoms with Gasteiger partial charge < -0.3 is 5.32 Å². The van der Waals surface area contributed by atoms with Gasteiger partial charge in [0.25, 0.3) is 0 Å². The van der Waals surface area contributed by atoms with Crippen LogP contribution in [-0.2, 0) is 12.8 Å². The highest BCUT2D eigenvalue weighted by atomic mass is 32.1. The zero-order chi connectivity index (χ0) is 15.1. The summed E-state index contributed by atoms with van der Waals surface area (Å²) in [6.07, 6.45) is 3.94. The first-order valence-corrected chi connectivity index (χ1v) is 8.26. The Hall–Kier alpha value is -1.26. The van der Waals surface area contributed by atoms with Crippen LogP contribution in [0.25, 0.3) is 0 Å². The minimum absolute atomic E-state index is 0.305. The van der Waals surface area contributed by atoms with E-state index in [-0.39, 0.29) is 0 Å². The fraction of sp³-hybridized carbons (Fsp3) is 0.412. The third kappa shape index (κ3) is 5.21. The summed E-state index contributed by atoms with van der Waals surface area (Å²) in [6.45, 7) is 2.95. The van der Waals surface area contributed by atoms with Crippen LogP contribution in [0.4, 0.5) is 8.78 Å². The van der Waals surface area contributed by atoms with Gasteiger partial charge in [-0.25, -0.2) is 8.78 Å². The molecule has 0 amide bonds. The van der Waals surface area contributed by atoms with Gasteiger partial charge in [-0.15, -0.1) is 11.3 Å². The number of likely N-dealkylation sites (N-methyl/N-ethyl adjacent to an activating group) is 1. The van der Waals surface area contributed by atoms with Crippen molar-refractivity contribution in [1.82, 2.24) is 5.32 Å². The molecular formula is C17H21F2NS. The summed E-state index contributed by atoms with van der Waals surface area (Å²) in [5.74, 6) is -1.54. The number of hydrogen-bond donors (Lipinski definition) is 1. The number of rotatable bonds is 8. The molecule has 0 aliphatic carbocycles. The number of hydrogen-bond acceptors (Lipinski definition) is 2. The fourth-order valence-electron chi connectivity index (χ4n) is 2.49. The van der Waals surface area contributed by atoms with Crippen molar-refractivity contribution in [3.8, 4) is 0 Å². The summed E-state index contributed by atoms with van der Waals surface area (Å²) in [4.78, 5) is 1.40. The van der Waals surface area contributed by atoms with E-state index in [9.17, 15) is 8.78 Å². The number of aryl methyl sites for hydroxylation is 1. The second-order valence-corrected chi connectivity index (χ2v) is 6.21. The van der Waals surface area contributed by atoms with Crippen molar-refractivity contribution in [1.29, 1.82) is 0 Å². The maximum absolute atomic E-state index is 13.3. The van der Waals surface area contributed by atoms with Gasteiger partial charge in [-0.1, -0.05) is 19.1 Å². The summed E-state index contributed by atoms with van der Waals surface area (Å²) in [6, 6.07) is 8.71. The van der Waals surface area contributed by atoms with Crippen molar-refractivity contribution < 1.29 is 8.78 Å². The van der Waals surface area contributed by atoms with Gasteiger partial charge in [0.15, 0.2) is 11.6 Å². The quantitative estimate of drug-likeness (QED) is 0.753. The van der Waals surface area contributed by atoms with Crippen LogP contribution >= 0.6 is 11.3 Å². The first-order chi connectivity index (χ1) is 10.2. The van der Waals surface area contributed by atoms with Gasteiger partial charge >= 0.3 is 0 Å². The molecule has 2 rings (SSSR count). The predicted octanol–water partition coefficient (Wildman–Crippen LogP) is 4.57. The SMILES string of the molecule is CCNC(CCCc1cccs1)Cc1ccc(F)c(F)c1. The lowest BCUT2D eigenvalue weighted by molar-refractivity contribution is 0.472. The molecule has 0 aliphatic heterocycles. The van der Waals surface area contributed by atoms with Gasteiger partial charge in [-0.3, -0.25) is 0 Å². The Bertz CT molecular complexity index is 540. The van der Waals surface area contributed by atoms with E-state index in [0.29, 0.717) is 6.04 Å². The van der Waals surface area contributed by atoms with Crippen LogP contribution in [0.15, 0.2) is 35.7 Å². The lowest BCUT2D eigenvalue weighted by Gasteiger charge is -2.18. The summed E-state index contributed by atoms with van der Waals surface area (Å²) in [7, 11) is 0. The maximum atomic E-state index is 13.3. The normalized spacial score (nSPS) is 12.5. The van der Waals surface area contributed by atoms with Crippen molar-refractivity contribution >= 4 is 11.3 Å². The van der Waals surface area contributed by atoms with Gasteiger partial charge in [-0.2, -0.15) is 0 Å². The van der Waals surface area contributed by atoms with E-state index in [4.69, 9.17) is 0 Å². The Morgan fingerprint density at radius 3 is 2.71 bits per heavy atom. The lowest BCUT2D eigenvalue weighted by Crippen LogP contribution is -2.31. The molecule has 1 atom stereocenters. The minimum Gasteiger partial charge on any atom is -0.314 e.